The van der Waals surface area contributed by atoms with E-state index in [1.165, 1.54) is 11.3 Å². The summed E-state index contributed by atoms with van der Waals surface area (Å²) in [4.78, 5) is 24.9. The zero-order valence-electron chi connectivity index (χ0n) is 15.4. The molecule has 9 heteroatoms. The van der Waals surface area contributed by atoms with Crippen molar-refractivity contribution in [2.24, 2.45) is 0 Å². The van der Waals surface area contributed by atoms with Crippen molar-refractivity contribution in [3.05, 3.63) is 77.9 Å². The number of hydrogen-bond acceptors (Lipinski definition) is 7. The van der Waals surface area contributed by atoms with Crippen molar-refractivity contribution in [3.8, 4) is 28.3 Å². The van der Waals surface area contributed by atoms with Gasteiger partial charge in [0, 0.05) is 29.4 Å². The number of urea groups is 1. The van der Waals surface area contributed by atoms with Gasteiger partial charge >= 0.3 is 6.03 Å². The fraction of sp³-hybridized carbons (Fsp3) is 0. The normalized spacial score (nSPS) is 10.1. The zero-order chi connectivity index (χ0) is 20.8. The smallest absolute Gasteiger partial charge is 0.326 e. The van der Waals surface area contributed by atoms with Gasteiger partial charge in [0.25, 0.3) is 0 Å². The highest BCUT2D eigenvalue weighted by Gasteiger charge is 2.09. The summed E-state index contributed by atoms with van der Waals surface area (Å²) >= 11 is 1.42. The maximum atomic E-state index is 12.3. The lowest BCUT2D eigenvalue weighted by molar-refractivity contribution is 0.262. The number of anilines is 2. The Kier molecular flexibility index (Phi) is 5.59. The highest BCUT2D eigenvalue weighted by Crippen LogP contribution is 2.25. The van der Waals surface area contributed by atoms with Gasteiger partial charge in [-0.25, -0.2) is 9.78 Å². The van der Waals surface area contributed by atoms with Crippen LogP contribution in [-0.2, 0) is 0 Å². The summed E-state index contributed by atoms with van der Waals surface area (Å²) in [5.41, 5.74) is 1.47. The maximum absolute atomic E-state index is 12.3. The highest BCUT2D eigenvalue weighted by molar-refractivity contribution is 7.13. The van der Waals surface area contributed by atoms with Crippen LogP contribution in [-0.4, -0.2) is 21.0 Å². The number of carbonyl (C=O) groups is 1. The number of thiazole rings is 1. The zero-order valence-corrected chi connectivity index (χ0v) is 16.3. The molecular weight excluding hydrogens is 400 g/mol. The summed E-state index contributed by atoms with van der Waals surface area (Å²) in [5, 5.41) is 16.7. The summed E-state index contributed by atoms with van der Waals surface area (Å²) in [6.07, 6.45) is 3.38. The first-order chi connectivity index (χ1) is 14.7. The molecule has 146 valence electrons. The molecular formula is C21H14N6O2S. The van der Waals surface area contributed by atoms with Crippen LogP contribution >= 0.6 is 11.3 Å². The molecule has 0 atom stereocenters. The van der Waals surface area contributed by atoms with Gasteiger partial charge in [-0.3, -0.25) is 15.6 Å². The third kappa shape index (κ3) is 4.76. The highest BCUT2D eigenvalue weighted by atomic mass is 32.1. The molecule has 1 aromatic carbocycles. The number of nitrogens with one attached hydrogen (secondary N) is 2. The number of nitriles is 1. The second-order valence-electron chi connectivity index (χ2n) is 5.95. The summed E-state index contributed by atoms with van der Waals surface area (Å²) < 4.78 is 5.66. The molecule has 0 aliphatic carbocycles. The Morgan fingerprint density at radius 3 is 2.50 bits per heavy atom. The molecule has 30 heavy (non-hydrogen) atoms. The van der Waals surface area contributed by atoms with Crippen molar-refractivity contribution in [1.82, 2.24) is 15.0 Å². The summed E-state index contributed by atoms with van der Waals surface area (Å²) in [7, 11) is 0. The first-order valence-electron chi connectivity index (χ1n) is 8.78. The van der Waals surface area contributed by atoms with Crippen molar-refractivity contribution < 1.29 is 9.53 Å². The number of nitrogens with zero attached hydrogens (tertiary/aromatic N) is 4. The Balaban J connectivity index is 1.38. The molecule has 0 bridgehead atoms. The van der Waals surface area contributed by atoms with Crippen LogP contribution in [0.3, 0.4) is 0 Å². The van der Waals surface area contributed by atoms with Crippen LogP contribution in [0.4, 0.5) is 16.4 Å². The Labute approximate surface area is 175 Å². The standard InChI is InChI=1S/C21H14N6O2S/c22-12-14-4-6-16(7-5-14)29-19-3-1-2-17(24-19)26-21(28)27-18-13-30-20(25-18)15-8-10-23-11-9-15/h1-11,13H,(H2,24,26,27,28). The van der Waals surface area contributed by atoms with Gasteiger partial charge < -0.3 is 4.74 Å². The predicted molar refractivity (Wildman–Crippen MR) is 113 cm³/mol. The molecule has 0 spiro atoms. The lowest BCUT2D eigenvalue weighted by atomic mass is 10.2. The van der Waals surface area contributed by atoms with Crippen LogP contribution in [0.5, 0.6) is 11.6 Å². The van der Waals surface area contributed by atoms with Crippen molar-refractivity contribution >= 4 is 29.0 Å². The van der Waals surface area contributed by atoms with Gasteiger partial charge in [-0.2, -0.15) is 10.2 Å². The minimum absolute atomic E-state index is 0.311. The topological polar surface area (TPSA) is 113 Å². The molecule has 0 radical (unpaired) electrons. The van der Waals surface area contributed by atoms with E-state index in [1.54, 1.807) is 60.2 Å². The van der Waals surface area contributed by atoms with Crippen LogP contribution in [0, 0.1) is 11.3 Å². The third-order valence-corrected chi connectivity index (χ3v) is 4.74. The molecule has 3 aromatic heterocycles. The first kappa shape index (κ1) is 19.0. The SMILES string of the molecule is N#Cc1ccc(Oc2cccc(NC(=O)Nc3csc(-c4ccncc4)n3)n2)cc1. The molecule has 4 rings (SSSR count). The number of aromatic nitrogens is 3. The van der Waals surface area contributed by atoms with Crippen LogP contribution in [0.15, 0.2) is 72.4 Å². The minimum atomic E-state index is -0.468. The van der Waals surface area contributed by atoms with E-state index in [0.717, 1.165) is 10.6 Å². The van der Waals surface area contributed by atoms with E-state index in [9.17, 15) is 4.79 Å². The fourth-order valence-electron chi connectivity index (χ4n) is 2.48. The molecule has 4 aromatic rings. The molecule has 2 amide bonds. The molecule has 0 saturated heterocycles. The molecule has 8 nitrogen and oxygen atoms in total. The lowest BCUT2D eigenvalue weighted by Gasteiger charge is -2.08. The van der Waals surface area contributed by atoms with Crippen LogP contribution in [0.25, 0.3) is 10.6 Å². The van der Waals surface area contributed by atoms with E-state index in [-0.39, 0.29) is 0 Å². The van der Waals surface area contributed by atoms with Gasteiger partial charge in [-0.1, -0.05) is 6.07 Å². The van der Waals surface area contributed by atoms with E-state index in [4.69, 9.17) is 10.00 Å². The van der Waals surface area contributed by atoms with E-state index in [1.807, 2.05) is 18.2 Å². The molecule has 2 N–H and O–H groups in total. The molecule has 0 fully saturated rings. The number of hydrogen-bond donors (Lipinski definition) is 2. The van der Waals surface area contributed by atoms with Gasteiger partial charge in [0.1, 0.15) is 22.4 Å². The third-order valence-electron chi connectivity index (χ3n) is 3.84. The van der Waals surface area contributed by atoms with Crippen LogP contribution < -0.4 is 15.4 Å². The Hall–Kier alpha value is -4.29. The monoisotopic (exact) mass is 414 g/mol. The summed E-state index contributed by atoms with van der Waals surface area (Å²) in [6, 6.07) is 17.0. The van der Waals surface area contributed by atoms with Crippen molar-refractivity contribution in [3.63, 3.8) is 0 Å². The van der Waals surface area contributed by atoms with Gasteiger partial charge in [-0.15, -0.1) is 11.3 Å². The van der Waals surface area contributed by atoms with E-state index in [2.05, 4.69) is 25.6 Å². The second-order valence-corrected chi connectivity index (χ2v) is 6.81. The number of rotatable bonds is 5. The number of carbonyl (C=O) groups excluding carboxylic acids is 1. The van der Waals surface area contributed by atoms with Gasteiger partial charge in [0.15, 0.2) is 0 Å². The number of benzene rings is 1. The number of amides is 2. The fourth-order valence-corrected chi connectivity index (χ4v) is 3.24. The predicted octanol–water partition coefficient (Wildman–Crippen LogP) is 4.91. The molecule has 0 saturated carbocycles. The Bertz CT molecular complexity index is 1200. The number of ether oxygens (including phenoxy) is 1. The average molecular weight is 414 g/mol. The van der Waals surface area contributed by atoms with E-state index >= 15 is 0 Å². The Morgan fingerprint density at radius 1 is 0.967 bits per heavy atom. The van der Waals surface area contributed by atoms with Crippen molar-refractivity contribution in [2.45, 2.75) is 0 Å². The maximum Gasteiger partial charge on any atom is 0.326 e. The minimum Gasteiger partial charge on any atom is -0.439 e. The summed E-state index contributed by atoms with van der Waals surface area (Å²) in [6.45, 7) is 0. The molecule has 0 aliphatic heterocycles. The van der Waals surface area contributed by atoms with Gasteiger partial charge in [0.2, 0.25) is 5.88 Å². The first-order valence-corrected chi connectivity index (χ1v) is 9.66. The average Bonchev–Trinajstić information content (AvgIpc) is 3.23. The van der Waals surface area contributed by atoms with Gasteiger partial charge in [-0.05, 0) is 42.5 Å². The Morgan fingerprint density at radius 2 is 1.73 bits per heavy atom. The largest absolute Gasteiger partial charge is 0.439 e. The molecule has 3 heterocycles. The van der Waals surface area contributed by atoms with Gasteiger partial charge in [0.05, 0.1) is 11.6 Å². The molecule has 0 aliphatic rings. The van der Waals surface area contributed by atoms with E-state index in [0.29, 0.717) is 28.8 Å². The number of pyridine rings is 2. The van der Waals surface area contributed by atoms with Crippen LogP contribution in [0.2, 0.25) is 0 Å². The molecule has 0 unspecified atom stereocenters. The van der Waals surface area contributed by atoms with E-state index < -0.39 is 6.03 Å². The van der Waals surface area contributed by atoms with Crippen molar-refractivity contribution in [1.29, 1.82) is 5.26 Å². The van der Waals surface area contributed by atoms with Crippen molar-refractivity contribution in [2.75, 3.05) is 10.6 Å². The van der Waals surface area contributed by atoms with Crippen LogP contribution in [0.1, 0.15) is 5.56 Å². The lowest BCUT2D eigenvalue weighted by Crippen LogP contribution is -2.20. The summed E-state index contributed by atoms with van der Waals surface area (Å²) in [5.74, 6) is 1.61. The second kappa shape index (κ2) is 8.81. The quantitative estimate of drug-likeness (QED) is 0.480.